The lowest BCUT2D eigenvalue weighted by Crippen LogP contribution is -2.31. The minimum atomic E-state index is -3.57. The Hall–Kier alpha value is -1.30. The zero-order chi connectivity index (χ0) is 14.8. The number of aryl methyl sites for hydroxylation is 1. The van der Waals surface area contributed by atoms with Gasteiger partial charge in [-0.15, -0.1) is 17.9 Å². The third-order valence-electron chi connectivity index (χ3n) is 2.76. The van der Waals surface area contributed by atoms with Crippen molar-refractivity contribution in [2.75, 3.05) is 10.8 Å². The summed E-state index contributed by atoms with van der Waals surface area (Å²) in [5.41, 5.74) is 1.42. The molecule has 106 valence electrons. The van der Waals surface area contributed by atoms with Crippen molar-refractivity contribution in [3.8, 4) is 0 Å². The molecule has 2 rings (SSSR count). The molecule has 0 amide bonds. The van der Waals surface area contributed by atoms with Gasteiger partial charge in [0.25, 0.3) is 10.0 Å². The molecule has 0 saturated heterocycles. The van der Waals surface area contributed by atoms with Crippen LogP contribution in [-0.4, -0.2) is 15.0 Å². The SMILES string of the molecule is C=CCN(c1ccc(Cl)cc1C)S(=O)(=O)c1cccs1. The van der Waals surface area contributed by atoms with Gasteiger partial charge in [-0.1, -0.05) is 23.7 Å². The van der Waals surface area contributed by atoms with Crippen molar-refractivity contribution < 1.29 is 8.42 Å². The zero-order valence-electron chi connectivity index (χ0n) is 10.9. The fraction of sp³-hybridized carbons (Fsp3) is 0.143. The number of anilines is 1. The van der Waals surface area contributed by atoms with Crippen LogP contribution < -0.4 is 4.31 Å². The summed E-state index contributed by atoms with van der Waals surface area (Å²) in [6.45, 7) is 5.68. The predicted octanol–water partition coefficient (Wildman–Crippen LogP) is 4.09. The van der Waals surface area contributed by atoms with Gasteiger partial charge in [-0.25, -0.2) is 8.42 Å². The van der Waals surface area contributed by atoms with Crippen molar-refractivity contribution in [3.63, 3.8) is 0 Å². The molecule has 0 bridgehead atoms. The minimum Gasteiger partial charge on any atom is -0.262 e. The van der Waals surface area contributed by atoms with Gasteiger partial charge in [-0.2, -0.15) is 0 Å². The van der Waals surface area contributed by atoms with E-state index in [9.17, 15) is 8.42 Å². The van der Waals surface area contributed by atoms with Crippen LogP contribution in [0.2, 0.25) is 5.02 Å². The summed E-state index contributed by atoms with van der Waals surface area (Å²) in [4.78, 5) is 0. The molecule has 2 aromatic rings. The second-order valence-electron chi connectivity index (χ2n) is 4.19. The molecule has 1 aromatic carbocycles. The Labute approximate surface area is 128 Å². The van der Waals surface area contributed by atoms with E-state index in [1.54, 1.807) is 41.8 Å². The van der Waals surface area contributed by atoms with E-state index >= 15 is 0 Å². The Morgan fingerprint density at radius 1 is 1.40 bits per heavy atom. The van der Waals surface area contributed by atoms with Gasteiger partial charge in [-0.3, -0.25) is 4.31 Å². The second-order valence-corrected chi connectivity index (χ2v) is 7.66. The third kappa shape index (κ3) is 2.90. The van der Waals surface area contributed by atoms with E-state index in [-0.39, 0.29) is 6.54 Å². The molecular formula is C14H14ClNO2S2. The maximum absolute atomic E-state index is 12.7. The van der Waals surface area contributed by atoms with Crippen molar-refractivity contribution in [2.24, 2.45) is 0 Å². The van der Waals surface area contributed by atoms with Gasteiger partial charge in [0, 0.05) is 5.02 Å². The zero-order valence-corrected chi connectivity index (χ0v) is 13.3. The summed E-state index contributed by atoms with van der Waals surface area (Å²) >= 11 is 7.12. The molecule has 0 fully saturated rings. The first-order chi connectivity index (χ1) is 9.46. The third-order valence-corrected chi connectivity index (χ3v) is 6.15. The van der Waals surface area contributed by atoms with Crippen LogP contribution in [0.1, 0.15) is 5.56 Å². The number of hydrogen-bond acceptors (Lipinski definition) is 3. The van der Waals surface area contributed by atoms with Crippen LogP contribution in [-0.2, 0) is 10.0 Å². The quantitative estimate of drug-likeness (QED) is 0.776. The summed E-state index contributed by atoms with van der Waals surface area (Å²) in [7, 11) is -3.57. The van der Waals surface area contributed by atoms with Crippen molar-refractivity contribution in [1.29, 1.82) is 0 Å². The lowest BCUT2D eigenvalue weighted by atomic mass is 10.2. The molecule has 6 heteroatoms. The maximum Gasteiger partial charge on any atom is 0.274 e. The number of rotatable bonds is 5. The smallest absolute Gasteiger partial charge is 0.262 e. The Morgan fingerprint density at radius 2 is 2.15 bits per heavy atom. The largest absolute Gasteiger partial charge is 0.274 e. The monoisotopic (exact) mass is 327 g/mol. The molecule has 0 aliphatic heterocycles. The Morgan fingerprint density at radius 3 is 2.70 bits per heavy atom. The highest BCUT2D eigenvalue weighted by Gasteiger charge is 2.25. The van der Waals surface area contributed by atoms with Crippen LogP contribution in [0.5, 0.6) is 0 Å². The van der Waals surface area contributed by atoms with Crippen LogP contribution in [0.15, 0.2) is 52.6 Å². The first kappa shape index (κ1) is 15.1. The van der Waals surface area contributed by atoms with Crippen LogP contribution >= 0.6 is 22.9 Å². The molecule has 0 unspecified atom stereocenters. The summed E-state index contributed by atoms with van der Waals surface area (Å²) in [6, 6.07) is 8.47. The van der Waals surface area contributed by atoms with Gasteiger partial charge in [0.2, 0.25) is 0 Å². The number of benzene rings is 1. The van der Waals surface area contributed by atoms with Gasteiger partial charge >= 0.3 is 0 Å². The molecule has 1 aromatic heterocycles. The van der Waals surface area contributed by atoms with E-state index in [0.29, 0.717) is 14.9 Å². The lowest BCUT2D eigenvalue weighted by molar-refractivity contribution is 0.595. The standard InChI is InChI=1S/C14H14ClNO2S2/c1-3-8-16(13-7-6-12(15)10-11(13)2)20(17,18)14-5-4-9-19-14/h3-7,9-10H,1,8H2,2H3. The van der Waals surface area contributed by atoms with Gasteiger partial charge in [0.05, 0.1) is 12.2 Å². The summed E-state index contributed by atoms with van der Waals surface area (Å²) in [6.07, 6.45) is 1.57. The highest BCUT2D eigenvalue weighted by molar-refractivity contribution is 7.94. The number of hydrogen-bond donors (Lipinski definition) is 0. The summed E-state index contributed by atoms with van der Waals surface area (Å²) in [5, 5.41) is 2.33. The van der Waals surface area contributed by atoms with Crippen molar-refractivity contribution in [3.05, 3.63) is 59.0 Å². The molecular weight excluding hydrogens is 314 g/mol. The molecule has 0 saturated carbocycles. The van der Waals surface area contributed by atoms with E-state index in [0.717, 1.165) is 5.56 Å². The maximum atomic E-state index is 12.7. The number of nitrogens with zero attached hydrogens (tertiary/aromatic N) is 1. The van der Waals surface area contributed by atoms with Crippen molar-refractivity contribution >= 4 is 38.6 Å². The molecule has 0 spiro atoms. The molecule has 3 nitrogen and oxygen atoms in total. The van der Waals surface area contributed by atoms with Crippen LogP contribution in [0.25, 0.3) is 0 Å². The van der Waals surface area contributed by atoms with Gasteiger partial charge in [-0.05, 0) is 42.1 Å². The highest BCUT2D eigenvalue weighted by Crippen LogP contribution is 2.30. The van der Waals surface area contributed by atoms with E-state index < -0.39 is 10.0 Å². The highest BCUT2D eigenvalue weighted by atomic mass is 35.5. The molecule has 0 radical (unpaired) electrons. The van der Waals surface area contributed by atoms with E-state index in [1.807, 2.05) is 6.92 Å². The normalized spacial score (nSPS) is 11.3. The topological polar surface area (TPSA) is 37.4 Å². The second kappa shape index (κ2) is 5.99. The Bertz CT molecular complexity index is 709. The predicted molar refractivity (Wildman–Crippen MR) is 85.2 cm³/mol. The average Bonchev–Trinajstić information content (AvgIpc) is 2.91. The first-order valence-electron chi connectivity index (χ1n) is 5.90. The number of thiophene rings is 1. The minimum absolute atomic E-state index is 0.211. The van der Waals surface area contributed by atoms with E-state index in [2.05, 4.69) is 6.58 Å². The van der Waals surface area contributed by atoms with Gasteiger partial charge < -0.3 is 0 Å². The summed E-state index contributed by atoms with van der Waals surface area (Å²) in [5.74, 6) is 0. The van der Waals surface area contributed by atoms with Crippen LogP contribution in [0.3, 0.4) is 0 Å². The molecule has 20 heavy (non-hydrogen) atoms. The fourth-order valence-corrected chi connectivity index (χ4v) is 4.69. The Balaban J connectivity index is 2.54. The van der Waals surface area contributed by atoms with Gasteiger partial charge in [0.15, 0.2) is 0 Å². The van der Waals surface area contributed by atoms with Crippen molar-refractivity contribution in [1.82, 2.24) is 0 Å². The molecule has 0 aliphatic rings. The molecule has 0 atom stereocenters. The lowest BCUT2D eigenvalue weighted by Gasteiger charge is -2.24. The number of sulfonamides is 1. The fourth-order valence-electron chi connectivity index (χ4n) is 1.86. The number of halogens is 1. The molecule has 0 aliphatic carbocycles. The van der Waals surface area contributed by atoms with E-state index in [4.69, 9.17) is 11.6 Å². The van der Waals surface area contributed by atoms with E-state index in [1.165, 1.54) is 15.6 Å². The molecule has 0 N–H and O–H groups in total. The first-order valence-corrected chi connectivity index (χ1v) is 8.60. The molecule has 1 heterocycles. The summed E-state index contributed by atoms with van der Waals surface area (Å²) < 4.78 is 27.0. The Kier molecular flexibility index (Phi) is 4.52. The van der Waals surface area contributed by atoms with Crippen molar-refractivity contribution in [2.45, 2.75) is 11.1 Å². The average molecular weight is 328 g/mol. The van der Waals surface area contributed by atoms with Crippen LogP contribution in [0.4, 0.5) is 5.69 Å². The van der Waals surface area contributed by atoms with Crippen LogP contribution in [0, 0.1) is 6.92 Å². The van der Waals surface area contributed by atoms with Gasteiger partial charge in [0.1, 0.15) is 4.21 Å².